The van der Waals surface area contributed by atoms with E-state index in [0.29, 0.717) is 23.5 Å². The molecule has 0 unspecified atom stereocenters. The average Bonchev–Trinajstić information content (AvgIpc) is 2.81. The number of aromatic hydroxyl groups is 1. The van der Waals surface area contributed by atoms with Crippen LogP contribution in [0.5, 0.6) is 11.5 Å². The number of rotatable bonds is 7. The molecule has 4 rings (SSSR count). The van der Waals surface area contributed by atoms with Gasteiger partial charge in [-0.3, -0.25) is 9.09 Å². The predicted octanol–water partition coefficient (Wildman–Crippen LogP) is 8.21. The van der Waals surface area contributed by atoms with Gasteiger partial charge in [-0.25, -0.2) is 4.39 Å². The van der Waals surface area contributed by atoms with Crippen LogP contribution in [0.15, 0.2) is 54.6 Å². The Hall–Kier alpha value is -2.66. The highest BCUT2D eigenvalue weighted by Gasteiger charge is 2.35. The molecule has 0 radical (unpaired) electrons. The van der Waals surface area contributed by atoms with Gasteiger partial charge in [0.05, 0.1) is 12.7 Å². The van der Waals surface area contributed by atoms with Crippen LogP contribution in [-0.2, 0) is 20.0 Å². The summed E-state index contributed by atoms with van der Waals surface area (Å²) in [7, 11) is -3.50. The lowest BCUT2D eigenvalue weighted by atomic mass is 9.93. The topological polar surface area (TPSA) is 65.0 Å². The van der Waals surface area contributed by atoms with Crippen LogP contribution in [0.1, 0.15) is 73.1 Å². The van der Waals surface area contributed by atoms with Crippen molar-refractivity contribution in [1.82, 2.24) is 0 Å². The first-order valence-corrected chi connectivity index (χ1v) is 13.6. The van der Waals surface area contributed by atoms with Crippen molar-refractivity contribution in [2.45, 2.75) is 60.0 Å². The van der Waals surface area contributed by atoms with Gasteiger partial charge in [-0.2, -0.15) is 0 Å². The molecular formula is C29H36FO5P. The molecule has 5 nitrogen and oxygen atoms in total. The Kier molecular flexibility index (Phi) is 8.99. The van der Waals surface area contributed by atoms with Crippen molar-refractivity contribution in [2.75, 3.05) is 13.0 Å². The van der Waals surface area contributed by atoms with Gasteiger partial charge in [-0.15, -0.1) is 0 Å². The highest BCUT2D eigenvalue weighted by molar-refractivity contribution is 7.53. The molecule has 1 heterocycles. The number of phenols is 1. The highest BCUT2D eigenvalue weighted by atomic mass is 31.2. The van der Waals surface area contributed by atoms with Gasteiger partial charge >= 0.3 is 7.60 Å². The Morgan fingerprint density at radius 3 is 2.50 bits per heavy atom. The standard InChI is InChI=1S/C28H32FO5P.CH4/c1-18(2)25-14-21(8-9-27(25)30)15-26-19(3)12-24(13-20(26)4)32-17-35(31)33-11-10-28(34-35)22-6-5-7-23(29)16-22;/h5-9,12-14,16,18,28,30H,10-11,15,17H2,1-4H3;1H4/t28-,35+;/m0./s1. The van der Waals surface area contributed by atoms with Gasteiger partial charge in [0.2, 0.25) is 0 Å². The second-order valence-electron chi connectivity index (χ2n) is 9.42. The zero-order valence-corrected chi connectivity index (χ0v) is 21.5. The quantitative estimate of drug-likeness (QED) is 0.322. The lowest BCUT2D eigenvalue weighted by molar-refractivity contribution is 0.0723. The van der Waals surface area contributed by atoms with Gasteiger partial charge in [0.25, 0.3) is 0 Å². The number of halogens is 1. The molecule has 1 aliphatic rings. The summed E-state index contributed by atoms with van der Waals surface area (Å²) in [6.07, 6.45) is 0.515. The van der Waals surface area contributed by atoms with E-state index >= 15 is 0 Å². The van der Waals surface area contributed by atoms with Crippen LogP contribution in [0.25, 0.3) is 0 Å². The Balaban J connectivity index is 0.00000361. The molecule has 0 aromatic heterocycles. The normalized spacial score (nSPS) is 19.7. The number of aryl methyl sites for hydroxylation is 2. The molecule has 3 aromatic rings. The van der Waals surface area contributed by atoms with Crippen LogP contribution in [0.4, 0.5) is 4.39 Å². The molecular weight excluding hydrogens is 478 g/mol. The largest absolute Gasteiger partial charge is 0.508 e. The fraction of sp³-hybridized carbons (Fsp3) is 0.379. The van der Waals surface area contributed by atoms with Crippen LogP contribution in [-0.4, -0.2) is 18.1 Å². The minimum atomic E-state index is -3.50. The van der Waals surface area contributed by atoms with E-state index in [9.17, 15) is 14.1 Å². The molecule has 1 aliphatic heterocycles. The zero-order valence-electron chi connectivity index (χ0n) is 20.6. The van der Waals surface area contributed by atoms with Crippen LogP contribution < -0.4 is 4.74 Å². The maximum atomic E-state index is 13.6. The third-order valence-corrected chi connectivity index (χ3v) is 7.93. The molecule has 0 bridgehead atoms. The fourth-order valence-electron chi connectivity index (χ4n) is 4.43. The molecule has 0 amide bonds. The maximum Gasteiger partial charge on any atom is 0.368 e. The molecule has 1 saturated heterocycles. The molecule has 0 saturated carbocycles. The lowest BCUT2D eigenvalue weighted by Crippen LogP contribution is -2.17. The summed E-state index contributed by atoms with van der Waals surface area (Å²) >= 11 is 0. The molecule has 1 N–H and O–H groups in total. The summed E-state index contributed by atoms with van der Waals surface area (Å²) in [5.74, 6) is 0.790. The third kappa shape index (κ3) is 6.56. The third-order valence-electron chi connectivity index (χ3n) is 6.33. The van der Waals surface area contributed by atoms with E-state index in [-0.39, 0.29) is 32.1 Å². The number of hydrogen-bond donors (Lipinski definition) is 1. The second-order valence-corrected chi connectivity index (χ2v) is 11.4. The van der Waals surface area contributed by atoms with Crippen LogP contribution >= 0.6 is 7.60 Å². The molecule has 0 spiro atoms. The predicted molar refractivity (Wildman–Crippen MR) is 142 cm³/mol. The van der Waals surface area contributed by atoms with E-state index < -0.39 is 13.7 Å². The van der Waals surface area contributed by atoms with Gasteiger partial charge in [0, 0.05) is 6.42 Å². The minimum absolute atomic E-state index is 0. The highest BCUT2D eigenvalue weighted by Crippen LogP contribution is 2.56. The summed E-state index contributed by atoms with van der Waals surface area (Å²) in [6.45, 7) is 8.42. The van der Waals surface area contributed by atoms with E-state index in [2.05, 4.69) is 19.9 Å². The van der Waals surface area contributed by atoms with Crippen LogP contribution in [0.2, 0.25) is 0 Å². The number of benzene rings is 3. The van der Waals surface area contributed by atoms with Gasteiger partial charge in [-0.1, -0.05) is 45.5 Å². The van der Waals surface area contributed by atoms with Gasteiger partial charge in [-0.05, 0) is 89.9 Å². The Morgan fingerprint density at radius 1 is 1.11 bits per heavy atom. The number of hydrogen-bond acceptors (Lipinski definition) is 5. The molecule has 2 atom stereocenters. The monoisotopic (exact) mass is 514 g/mol. The molecule has 7 heteroatoms. The maximum absolute atomic E-state index is 13.6. The zero-order chi connectivity index (χ0) is 25.2. The molecule has 0 aliphatic carbocycles. The van der Waals surface area contributed by atoms with Crippen molar-refractivity contribution in [3.8, 4) is 11.5 Å². The fourth-order valence-corrected chi connectivity index (χ4v) is 5.93. The van der Waals surface area contributed by atoms with Crippen molar-refractivity contribution in [3.63, 3.8) is 0 Å². The van der Waals surface area contributed by atoms with Gasteiger partial charge < -0.3 is 14.4 Å². The van der Waals surface area contributed by atoms with Crippen molar-refractivity contribution < 1.29 is 27.8 Å². The number of phenolic OH excluding ortho intramolecular Hbond substituents is 1. The molecule has 194 valence electrons. The van der Waals surface area contributed by atoms with E-state index in [0.717, 1.165) is 28.7 Å². The molecule has 3 aromatic carbocycles. The first kappa shape index (κ1) is 27.9. The van der Waals surface area contributed by atoms with Crippen molar-refractivity contribution >= 4 is 7.60 Å². The van der Waals surface area contributed by atoms with E-state index in [1.807, 2.05) is 32.0 Å². The van der Waals surface area contributed by atoms with E-state index in [1.54, 1.807) is 18.2 Å². The van der Waals surface area contributed by atoms with Crippen molar-refractivity contribution in [1.29, 1.82) is 0 Å². The number of ether oxygens (including phenoxy) is 1. The summed E-state index contributed by atoms with van der Waals surface area (Å²) in [5, 5.41) is 10.1. The SMILES string of the molecule is C.Cc1cc(OC[P@@]2(=O)OCC[C@@H](c3cccc(F)c3)O2)cc(C)c1Cc1ccc(O)c(C(C)C)c1. The van der Waals surface area contributed by atoms with Crippen molar-refractivity contribution in [3.05, 3.63) is 93.8 Å². The summed E-state index contributed by atoms with van der Waals surface area (Å²) in [6, 6.07) is 15.7. The average molecular weight is 515 g/mol. The summed E-state index contributed by atoms with van der Waals surface area (Å²) in [4.78, 5) is 0. The van der Waals surface area contributed by atoms with Gasteiger partial charge in [0.15, 0.2) is 6.35 Å². The second kappa shape index (κ2) is 11.6. The smallest absolute Gasteiger partial charge is 0.368 e. The first-order chi connectivity index (χ1) is 16.6. The molecule has 1 fully saturated rings. The molecule has 36 heavy (non-hydrogen) atoms. The van der Waals surface area contributed by atoms with E-state index in [1.165, 1.54) is 17.7 Å². The summed E-state index contributed by atoms with van der Waals surface area (Å²) < 4.78 is 43.9. The van der Waals surface area contributed by atoms with Crippen LogP contribution in [0.3, 0.4) is 0 Å². The lowest BCUT2D eigenvalue weighted by Gasteiger charge is -2.30. The Morgan fingerprint density at radius 2 is 1.83 bits per heavy atom. The first-order valence-electron chi connectivity index (χ1n) is 11.9. The minimum Gasteiger partial charge on any atom is -0.508 e. The van der Waals surface area contributed by atoms with Gasteiger partial charge in [0.1, 0.15) is 17.3 Å². The van der Waals surface area contributed by atoms with Crippen LogP contribution in [0, 0.1) is 19.7 Å². The van der Waals surface area contributed by atoms with E-state index in [4.69, 9.17) is 13.8 Å². The summed E-state index contributed by atoms with van der Waals surface area (Å²) in [5.41, 5.74) is 6.00. The Labute approximate surface area is 213 Å². The Bertz CT molecular complexity index is 1230. The van der Waals surface area contributed by atoms with Crippen molar-refractivity contribution in [2.24, 2.45) is 0 Å².